The predicted octanol–water partition coefficient (Wildman–Crippen LogP) is 4.22. The van der Waals surface area contributed by atoms with Gasteiger partial charge in [0.05, 0.1) is 11.1 Å². The fourth-order valence-corrected chi connectivity index (χ4v) is 3.48. The lowest BCUT2D eigenvalue weighted by atomic mass is 10.1. The van der Waals surface area contributed by atoms with Crippen molar-refractivity contribution in [2.45, 2.75) is 19.4 Å². The summed E-state index contributed by atoms with van der Waals surface area (Å²) in [6.45, 7) is 2.02. The summed E-state index contributed by atoms with van der Waals surface area (Å²) in [5.74, 6) is 0.123. The number of thiophene rings is 1. The zero-order chi connectivity index (χ0) is 17.8. The number of nitrogens with zero attached hydrogens (tertiary/aromatic N) is 1. The van der Waals surface area contributed by atoms with Gasteiger partial charge in [0.2, 0.25) is 0 Å². The Morgan fingerprint density at radius 2 is 2.16 bits per heavy atom. The molecule has 0 saturated carbocycles. The van der Waals surface area contributed by atoms with Crippen molar-refractivity contribution in [2.75, 3.05) is 6.54 Å². The second kappa shape index (κ2) is 7.82. The summed E-state index contributed by atoms with van der Waals surface area (Å²) in [5, 5.41) is 19.3. The quantitative estimate of drug-likeness (QED) is 0.675. The van der Waals surface area contributed by atoms with Crippen LogP contribution in [0, 0.1) is 6.92 Å². The first-order valence-corrected chi connectivity index (χ1v) is 9.04. The molecular weight excluding hydrogens is 360 g/mol. The number of carbonyl (C=O) groups is 1. The zero-order valence-corrected chi connectivity index (χ0v) is 15.1. The van der Waals surface area contributed by atoms with Gasteiger partial charge in [-0.25, -0.2) is 0 Å². The van der Waals surface area contributed by atoms with Gasteiger partial charge in [-0.1, -0.05) is 41.0 Å². The van der Waals surface area contributed by atoms with Crippen molar-refractivity contribution in [3.8, 4) is 11.3 Å². The minimum absolute atomic E-state index is 0.299. The van der Waals surface area contributed by atoms with Crippen LogP contribution in [0.25, 0.3) is 11.3 Å². The van der Waals surface area contributed by atoms with E-state index in [9.17, 15) is 9.90 Å². The van der Waals surface area contributed by atoms with E-state index in [0.717, 1.165) is 4.88 Å². The molecule has 1 aromatic carbocycles. The summed E-state index contributed by atoms with van der Waals surface area (Å²) < 4.78 is 5.20. The molecule has 1 atom stereocenters. The summed E-state index contributed by atoms with van der Waals surface area (Å²) in [5.41, 5.74) is 1.42. The van der Waals surface area contributed by atoms with Crippen LogP contribution in [0.2, 0.25) is 5.02 Å². The fourth-order valence-electron chi connectivity index (χ4n) is 2.51. The second-order valence-electron chi connectivity index (χ2n) is 5.52. The third-order valence-corrected chi connectivity index (χ3v) is 5.10. The van der Waals surface area contributed by atoms with E-state index >= 15 is 0 Å². The summed E-state index contributed by atoms with van der Waals surface area (Å²) in [4.78, 5) is 13.4. The van der Waals surface area contributed by atoms with Crippen molar-refractivity contribution in [2.24, 2.45) is 0 Å². The number of hydrogen-bond acceptors (Lipinski definition) is 5. The van der Waals surface area contributed by atoms with Gasteiger partial charge < -0.3 is 14.9 Å². The van der Waals surface area contributed by atoms with E-state index in [4.69, 9.17) is 16.1 Å². The Morgan fingerprint density at radius 1 is 1.36 bits per heavy atom. The fraction of sp³-hybridized carbons (Fsp3) is 0.222. The van der Waals surface area contributed by atoms with Gasteiger partial charge in [-0.2, -0.15) is 0 Å². The van der Waals surface area contributed by atoms with Gasteiger partial charge in [0.25, 0.3) is 5.91 Å². The first-order valence-electron chi connectivity index (χ1n) is 7.78. The van der Waals surface area contributed by atoms with E-state index in [1.165, 1.54) is 11.3 Å². The van der Waals surface area contributed by atoms with E-state index in [1.807, 2.05) is 29.6 Å². The highest BCUT2D eigenvalue weighted by atomic mass is 35.5. The van der Waals surface area contributed by atoms with E-state index in [2.05, 4.69) is 10.5 Å². The summed E-state index contributed by atoms with van der Waals surface area (Å²) >= 11 is 7.69. The third-order valence-electron chi connectivity index (χ3n) is 3.79. The van der Waals surface area contributed by atoms with Crippen molar-refractivity contribution in [3.63, 3.8) is 0 Å². The Kier molecular flexibility index (Phi) is 5.53. The standard InChI is InChI=1S/C18H17ClN2O3S/c1-11-16(17(21-24-11)12-5-2-3-6-13(12)19)18(23)20-9-8-14(22)15-7-4-10-25-15/h2-7,10,14,22H,8-9H2,1H3,(H,20,23)/t14-/m1/s1. The average molecular weight is 377 g/mol. The molecule has 2 aromatic heterocycles. The monoisotopic (exact) mass is 376 g/mol. The van der Waals surface area contributed by atoms with Crippen molar-refractivity contribution < 1.29 is 14.4 Å². The molecule has 0 aliphatic heterocycles. The molecule has 0 saturated heterocycles. The number of nitrogens with one attached hydrogen (secondary N) is 1. The highest BCUT2D eigenvalue weighted by molar-refractivity contribution is 7.10. The lowest BCUT2D eigenvalue weighted by molar-refractivity contribution is 0.0942. The molecule has 130 valence electrons. The smallest absolute Gasteiger partial charge is 0.257 e. The van der Waals surface area contributed by atoms with E-state index in [0.29, 0.717) is 40.6 Å². The maximum Gasteiger partial charge on any atom is 0.257 e. The van der Waals surface area contributed by atoms with E-state index in [1.54, 1.807) is 19.1 Å². The van der Waals surface area contributed by atoms with Crippen LogP contribution in [0.3, 0.4) is 0 Å². The molecule has 0 aliphatic rings. The normalized spacial score (nSPS) is 12.1. The molecule has 1 amide bonds. The second-order valence-corrected chi connectivity index (χ2v) is 6.90. The van der Waals surface area contributed by atoms with Crippen LogP contribution in [0.4, 0.5) is 0 Å². The number of rotatable bonds is 6. The molecular formula is C18H17ClN2O3S. The molecule has 0 radical (unpaired) electrons. The van der Waals surface area contributed by atoms with Crippen LogP contribution in [0.1, 0.15) is 33.5 Å². The number of amides is 1. The van der Waals surface area contributed by atoms with Crippen molar-refractivity contribution in [1.82, 2.24) is 10.5 Å². The van der Waals surface area contributed by atoms with Crippen molar-refractivity contribution >= 4 is 28.8 Å². The zero-order valence-electron chi connectivity index (χ0n) is 13.5. The van der Waals surface area contributed by atoms with Gasteiger partial charge in [-0.05, 0) is 30.9 Å². The number of benzene rings is 1. The molecule has 0 aliphatic carbocycles. The first-order chi connectivity index (χ1) is 12.1. The molecule has 3 aromatic rings. The highest BCUT2D eigenvalue weighted by Gasteiger charge is 2.23. The van der Waals surface area contributed by atoms with Gasteiger partial charge in [0.15, 0.2) is 0 Å². The van der Waals surface area contributed by atoms with Gasteiger partial charge in [-0.15, -0.1) is 11.3 Å². The van der Waals surface area contributed by atoms with Gasteiger partial charge in [0.1, 0.15) is 17.0 Å². The van der Waals surface area contributed by atoms with Gasteiger partial charge in [0, 0.05) is 17.0 Å². The van der Waals surface area contributed by atoms with Crippen molar-refractivity contribution in [1.29, 1.82) is 0 Å². The van der Waals surface area contributed by atoms with Crippen LogP contribution in [-0.4, -0.2) is 22.7 Å². The SMILES string of the molecule is Cc1onc(-c2ccccc2Cl)c1C(=O)NCC[C@@H](O)c1cccs1. The molecule has 0 bridgehead atoms. The molecule has 25 heavy (non-hydrogen) atoms. The van der Waals surface area contributed by atoms with Gasteiger partial charge >= 0.3 is 0 Å². The minimum Gasteiger partial charge on any atom is -0.388 e. The Bertz CT molecular complexity index is 861. The summed E-state index contributed by atoms with van der Waals surface area (Å²) in [7, 11) is 0. The summed E-state index contributed by atoms with van der Waals surface area (Å²) in [6, 6.07) is 10.9. The first kappa shape index (κ1) is 17.7. The van der Waals surface area contributed by atoms with Crippen LogP contribution >= 0.6 is 22.9 Å². The Morgan fingerprint density at radius 3 is 2.88 bits per heavy atom. The Labute approximate surface area is 154 Å². The maximum absolute atomic E-state index is 12.6. The van der Waals surface area contributed by atoms with Crippen LogP contribution in [0.5, 0.6) is 0 Å². The van der Waals surface area contributed by atoms with Gasteiger partial charge in [-0.3, -0.25) is 4.79 Å². The number of aryl methyl sites for hydroxylation is 1. The lowest BCUT2D eigenvalue weighted by Gasteiger charge is -2.10. The number of aromatic nitrogens is 1. The van der Waals surface area contributed by atoms with Crippen molar-refractivity contribution in [3.05, 3.63) is 63.0 Å². The number of halogens is 1. The van der Waals surface area contributed by atoms with E-state index < -0.39 is 6.10 Å². The van der Waals surface area contributed by atoms with Crippen LogP contribution < -0.4 is 5.32 Å². The van der Waals surface area contributed by atoms with Crippen LogP contribution in [-0.2, 0) is 0 Å². The third kappa shape index (κ3) is 3.92. The topological polar surface area (TPSA) is 75.4 Å². The molecule has 5 nitrogen and oxygen atoms in total. The summed E-state index contributed by atoms with van der Waals surface area (Å²) in [6.07, 6.45) is -0.162. The lowest BCUT2D eigenvalue weighted by Crippen LogP contribution is -2.26. The molecule has 0 spiro atoms. The number of aliphatic hydroxyl groups is 1. The Balaban J connectivity index is 1.71. The molecule has 0 unspecified atom stereocenters. The highest BCUT2D eigenvalue weighted by Crippen LogP contribution is 2.31. The molecule has 2 heterocycles. The number of carbonyl (C=O) groups excluding carboxylic acids is 1. The molecule has 3 rings (SSSR count). The maximum atomic E-state index is 12.6. The molecule has 0 fully saturated rings. The number of hydrogen-bond donors (Lipinski definition) is 2. The Hall–Kier alpha value is -2.15. The predicted molar refractivity (Wildman–Crippen MR) is 97.9 cm³/mol. The minimum atomic E-state index is -0.591. The number of aliphatic hydroxyl groups excluding tert-OH is 1. The van der Waals surface area contributed by atoms with E-state index in [-0.39, 0.29) is 5.91 Å². The molecule has 2 N–H and O–H groups in total. The van der Waals surface area contributed by atoms with Crippen LogP contribution in [0.15, 0.2) is 46.3 Å². The largest absolute Gasteiger partial charge is 0.388 e. The average Bonchev–Trinajstić information content (AvgIpc) is 3.25. The molecule has 7 heteroatoms.